The van der Waals surface area contributed by atoms with E-state index in [2.05, 4.69) is 10.0 Å². The van der Waals surface area contributed by atoms with Gasteiger partial charge in [-0.3, -0.25) is 19.6 Å². The first-order chi connectivity index (χ1) is 14.6. The van der Waals surface area contributed by atoms with Crippen LogP contribution in [0, 0.1) is 17.0 Å². The molecule has 11 heteroatoms. The molecule has 0 aliphatic carbocycles. The van der Waals surface area contributed by atoms with Crippen LogP contribution in [0.2, 0.25) is 10.0 Å². The maximum Gasteiger partial charge on any atom is 0.283 e. The topological polar surface area (TPSA) is 118 Å². The van der Waals surface area contributed by atoms with E-state index in [9.17, 15) is 23.3 Å². The Labute approximate surface area is 188 Å². The van der Waals surface area contributed by atoms with Crippen LogP contribution in [-0.4, -0.2) is 19.2 Å². The van der Waals surface area contributed by atoms with Gasteiger partial charge in [0.25, 0.3) is 21.6 Å². The van der Waals surface area contributed by atoms with Crippen molar-refractivity contribution in [2.75, 3.05) is 10.0 Å². The van der Waals surface area contributed by atoms with E-state index in [0.717, 1.165) is 6.07 Å². The number of nitrogens with one attached hydrogen (secondary N) is 2. The van der Waals surface area contributed by atoms with Crippen LogP contribution in [-0.2, 0) is 10.0 Å². The first kappa shape index (κ1) is 22.5. The number of anilines is 2. The van der Waals surface area contributed by atoms with E-state index < -0.39 is 26.5 Å². The predicted octanol–water partition coefficient (Wildman–Crippen LogP) is 5.26. The second kappa shape index (κ2) is 8.93. The molecule has 0 aliphatic heterocycles. The summed E-state index contributed by atoms with van der Waals surface area (Å²) in [6.07, 6.45) is 0. The summed E-state index contributed by atoms with van der Waals surface area (Å²) in [7, 11) is -4.00. The molecule has 0 aliphatic rings. The normalized spacial score (nSPS) is 11.1. The summed E-state index contributed by atoms with van der Waals surface area (Å²) in [6.45, 7) is 1.60. The van der Waals surface area contributed by atoms with Crippen LogP contribution in [0.1, 0.15) is 15.9 Å². The number of carbonyl (C=O) groups is 1. The lowest BCUT2D eigenvalue weighted by Gasteiger charge is -2.13. The Hall–Kier alpha value is -3.14. The number of carbonyl (C=O) groups excluding carboxylic acids is 1. The van der Waals surface area contributed by atoms with E-state index in [0.29, 0.717) is 10.6 Å². The molecule has 160 valence electrons. The van der Waals surface area contributed by atoms with Crippen LogP contribution in [0.15, 0.2) is 65.6 Å². The summed E-state index contributed by atoms with van der Waals surface area (Å²) in [5, 5.41) is 14.2. The molecule has 1 amide bonds. The number of sulfonamides is 1. The van der Waals surface area contributed by atoms with Crippen molar-refractivity contribution in [3.05, 3.63) is 92.0 Å². The zero-order valence-corrected chi connectivity index (χ0v) is 18.3. The summed E-state index contributed by atoms with van der Waals surface area (Å²) in [5.74, 6) is -0.779. The third-order valence-electron chi connectivity index (χ3n) is 4.21. The van der Waals surface area contributed by atoms with E-state index in [1.165, 1.54) is 36.4 Å². The van der Waals surface area contributed by atoms with Crippen LogP contribution >= 0.6 is 23.2 Å². The molecule has 2 N–H and O–H groups in total. The molecular weight excluding hydrogens is 465 g/mol. The molecule has 0 atom stereocenters. The average molecular weight is 480 g/mol. The maximum absolute atomic E-state index is 12.9. The fourth-order valence-electron chi connectivity index (χ4n) is 2.78. The van der Waals surface area contributed by atoms with Crippen molar-refractivity contribution in [3.63, 3.8) is 0 Å². The van der Waals surface area contributed by atoms with Gasteiger partial charge in [0.05, 0.1) is 15.5 Å². The fourth-order valence-corrected chi connectivity index (χ4v) is 4.45. The van der Waals surface area contributed by atoms with Crippen molar-refractivity contribution in [2.24, 2.45) is 0 Å². The zero-order valence-electron chi connectivity index (χ0n) is 15.9. The quantitative estimate of drug-likeness (QED) is 0.368. The average Bonchev–Trinajstić information content (AvgIpc) is 2.68. The molecule has 0 aromatic heterocycles. The second-order valence-electron chi connectivity index (χ2n) is 6.47. The van der Waals surface area contributed by atoms with Gasteiger partial charge in [0.2, 0.25) is 0 Å². The van der Waals surface area contributed by atoms with Gasteiger partial charge in [0.15, 0.2) is 0 Å². The maximum atomic E-state index is 12.9. The number of nitrogens with zero attached hydrogens (tertiary/aromatic N) is 1. The number of hydrogen-bond acceptors (Lipinski definition) is 5. The van der Waals surface area contributed by atoms with Gasteiger partial charge in [0, 0.05) is 21.8 Å². The molecule has 0 bridgehead atoms. The third kappa shape index (κ3) is 5.32. The Balaban J connectivity index is 1.91. The second-order valence-corrected chi connectivity index (χ2v) is 8.99. The van der Waals surface area contributed by atoms with E-state index >= 15 is 0 Å². The number of benzene rings is 3. The molecule has 0 saturated carbocycles. The van der Waals surface area contributed by atoms with Crippen molar-refractivity contribution in [1.29, 1.82) is 0 Å². The highest BCUT2D eigenvalue weighted by molar-refractivity contribution is 7.92. The van der Waals surface area contributed by atoms with Crippen LogP contribution in [0.5, 0.6) is 0 Å². The minimum Gasteiger partial charge on any atom is -0.322 e. The molecule has 0 saturated heterocycles. The lowest BCUT2D eigenvalue weighted by Crippen LogP contribution is -2.17. The van der Waals surface area contributed by atoms with Crippen LogP contribution in [0.25, 0.3) is 0 Å². The fraction of sp³-hybridized carbons (Fsp3) is 0.0500. The van der Waals surface area contributed by atoms with Crippen molar-refractivity contribution in [3.8, 4) is 0 Å². The summed E-state index contributed by atoms with van der Waals surface area (Å²) in [6, 6.07) is 14.1. The van der Waals surface area contributed by atoms with Gasteiger partial charge in [0.1, 0.15) is 5.56 Å². The smallest absolute Gasteiger partial charge is 0.283 e. The minimum absolute atomic E-state index is 0.0733. The van der Waals surface area contributed by atoms with Crippen molar-refractivity contribution in [2.45, 2.75) is 11.8 Å². The molecule has 3 aromatic carbocycles. The highest BCUT2D eigenvalue weighted by atomic mass is 35.5. The predicted molar refractivity (Wildman–Crippen MR) is 119 cm³/mol. The zero-order chi connectivity index (χ0) is 22.8. The van der Waals surface area contributed by atoms with Gasteiger partial charge in [-0.25, -0.2) is 8.42 Å². The van der Waals surface area contributed by atoms with Gasteiger partial charge in [-0.1, -0.05) is 35.3 Å². The summed E-state index contributed by atoms with van der Waals surface area (Å²) in [4.78, 5) is 23.0. The number of hydrogen-bond donors (Lipinski definition) is 2. The molecule has 0 heterocycles. The molecule has 8 nitrogen and oxygen atoms in total. The number of nitro groups is 1. The summed E-state index contributed by atoms with van der Waals surface area (Å²) in [5.41, 5.74) is 0.179. The molecule has 3 aromatic rings. The van der Waals surface area contributed by atoms with Gasteiger partial charge < -0.3 is 5.32 Å². The number of rotatable bonds is 6. The minimum atomic E-state index is -4.00. The largest absolute Gasteiger partial charge is 0.322 e. The van der Waals surface area contributed by atoms with Crippen LogP contribution < -0.4 is 10.0 Å². The Bertz CT molecular complexity index is 1300. The third-order valence-corrected chi connectivity index (χ3v) is 6.21. The molecule has 0 spiro atoms. The lowest BCUT2D eigenvalue weighted by molar-refractivity contribution is -0.385. The standard InChI is InChI=1S/C20H15Cl2N3O5S/c1-12-5-7-15(23-20(26)17-8-6-14(22)10-18(17)25(27)28)11-19(12)31(29,30)24-16-4-2-3-13(21)9-16/h2-11,24H,1H3,(H,23,26). The van der Waals surface area contributed by atoms with Crippen molar-refractivity contribution < 1.29 is 18.1 Å². The highest BCUT2D eigenvalue weighted by Gasteiger charge is 2.22. The number of halogens is 2. The molecule has 0 radical (unpaired) electrons. The highest BCUT2D eigenvalue weighted by Crippen LogP contribution is 2.27. The Morgan fingerprint density at radius 1 is 0.968 bits per heavy atom. The van der Waals surface area contributed by atoms with E-state index in [4.69, 9.17) is 23.2 Å². The lowest BCUT2D eigenvalue weighted by atomic mass is 10.1. The van der Waals surface area contributed by atoms with Crippen LogP contribution in [0.4, 0.5) is 17.1 Å². The van der Waals surface area contributed by atoms with Gasteiger partial charge in [-0.05, 0) is 55.0 Å². The summed E-state index contributed by atoms with van der Waals surface area (Å²) >= 11 is 11.7. The number of aryl methyl sites for hydroxylation is 1. The molecule has 0 fully saturated rings. The molecule has 3 rings (SSSR count). The van der Waals surface area contributed by atoms with Crippen molar-refractivity contribution >= 4 is 56.2 Å². The van der Waals surface area contributed by atoms with Crippen molar-refractivity contribution in [1.82, 2.24) is 0 Å². The Morgan fingerprint density at radius 3 is 2.35 bits per heavy atom. The summed E-state index contributed by atoms with van der Waals surface area (Å²) < 4.78 is 28.1. The first-order valence-corrected chi connectivity index (χ1v) is 10.9. The van der Waals surface area contributed by atoms with E-state index in [1.54, 1.807) is 25.1 Å². The van der Waals surface area contributed by atoms with Gasteiger partial charge >= 0.3 is 0 Å². The molecular formula is C20H15Cl2N3O5S. The number of nitro benzene ring substituents is 1. The van der Waals surface area contributed by atoms with E-state index in [-0.39, 0.29) is 26.9 Å². The van der Waals surface area contributed by atoms with Gasteiger partial charge in [-0.15, -0.1) is 0 Å². The first-order valence-electron chi connectivity index (χ1n) is 8.71. The number of amides is 1. The SMILES string of the molecule is Cc1ccc(NC(=O)c2ccc(Cl)cc2[N+](=O)[O-])cc1S(=O)(=O)Nc1cccc(Cl)c1. The van der Waals surface area contributed by atoms with E-state index in [1.807, 2.05) is 0 Å². The molecule has 31 heavy (non-hydrogen) atoms. The van der Waals surface area contributed by atoms with Gasteiger partial charge in [-0.2, -0.15) is 0 Å². The Kier molecular flexibility index (Phi) is 6.49. The van der Waals surface area contributed by atoms with Crippen LogP contribution in [0.3, 0.4) is 0 Å². The monoisotopic (exact) mass is 479 g/mol. The Morgan fingerprint density at radius 2 is 1.68 bits per heavy atom. The molecule has 0 unspecified atom stereocenters.